The number of esters is 1. The van der Waals surface area contributed by atoms with Crippen molar-refractivity contribution < 1.29 is 24.1 Å². The van der Waals surface area contributed by atoms with Crippen molar-refractivity contribution in [3.05, 3.63) is 45.1 Å². The number of benzene rings is 1. The van der Waals surface area contributed by atoms with Gasteiger partial charge in [-0.1, -0.05) is 11.8 Å². The standard InChI is InChI=1S/C21H26N4O7S/c1-5-31-16(27)12-33-20-22-18-17(19(28)24(3)21(29)23(18)2)25(20)10-13(26)11-32-15-8-6-14(30-4)7-9-15/h6-9,13,26H,5,10-12H2,1-4H3. The summed E-state index contributed by atoms with van der Waals surface area (Å²) in [5.74, 6) is 0.744. The topological polar surface area (TPSA) is 127 Å². The third-order valence-corrected chi connectivity index (χ3v) is 5.78. The van der Waals surface area contributed by atoms with Crippen LogP contribution >= 0.6 is 11.8 Å². The van der Waals surface area contributed by atoms with Gasteiger partial charge in [-0.25, -0.2) is 9.78 Å². The maximum Gasteiger partial charge on any atom is 0.332 e. The molecule has 0 amide bonds. The average Bonchev–Trinajstić information content (AvgIpc) is 3.17. The zero-order valence-corrected chi connectivity index (χ0v) is 19.6. The first-order chi connectivity index (χ1) is 15.8. The number of thioether (sulfide) groups is 1. The maximum atomic E-state index is 12.9. The lowest BCUT2D eigenvalue weighted by molar-refractivity contribution is -0.139. The number of aromatic nitrogens is 4. The van der Waals surface area contributed by atoms with Gasteiger partial charge in [0.25, 0.3) is 5.56 Å². The van der Waals surface area contributed by atoms with Crippen molar-refractivity contribution in [1.82, 2.24) is 18.7 Å². The van der Waals surface area contributed by atoms with Gasteiger partial charge in [0.05, 0.1) is 26.0 Å². The van der Waals surface area contributed by atoms with Crippen LogP contribution in [0.1, 0.15) is 6.92 Å². The molecule has 11 nitrogen and oxygen atoms in total. The van der Waals surface area contributed by atoms with E-state index in [4.69, 9.17) is 14.2 Å². The number of aliphatic hydroxyl groups excluding tert-OH is 1. The highest BCUT2D eigenvalue weighted by Crippen LogP contribution is 2.23. The highest BCUT2D eigenvalue weighted by molar-refractivity contribution is 7.99. The Labute approximate surface area is 193 Å². The molecule has 33 heavy (non-hydrogen) atoms. The molecule has 0 aliphatic rings. The highest BCUT2D eigenvalue weighted by atomic mass is 32.2. The number of fused-ring (bicyclic) bond motifs is 1. The summed E-state index contributed by atoms with van der Waals surface area (Å²) in [6.45, 7) is 1.86. The normalized spacial score (nSPS) is 12.0. The molecule has 0 spiro atoms. The molecule has 0 aliphatic carbocycles. The van der Waals surface area contributed by atoms with Gasteiger partial charge >= 0.3 is 11.7 Å². The van der Waals surface area contributed by atoms with Crippen LogP contribution in [0.25, 0.3) is 11.2 Å². The highest BCUT2D eigenvalue weighted by Gasteiger charge is 2.22. The third kappa shape index (κ3) is 5.40. The molecule has 2 aromatic heterocycles. The molecule has 1 unspecified atom stereocenters. The van der Waals surface area contributed by atoms with Gasteiger partial charge in [-0.15, -0.1) is 0 Å². The van der Waals surface area contributed by atoms with Crippen molar-refractivity contribution in [3.63, 3.8) is 0 Å². The number of aliphatic hydroxyl groups is 1. The Morgan fingerprint density at radius 3 is 2.45 bits per heavy atom. The number of rotatable bonds is 10. The summed E-state index contributed by atoms with van der Waals surface area (Å²) in [6, 6.07) is 6.90. The predicted octanol–water partition coefficient (Wildman–Crippen LogP) is 0.537. The zero-order valence-electron chi connectivity index (χ0n) is 18.8. The molecule has 0 bridgehead atoms. The van der Waals surface area contributed by atoms with Gasteiger partial charge in [0.15, 0.2) is 16.3 Å². The molecule has 0 aliphatic heterocycles. The number of hydrogen-bond acceptors (Lipinski definition) is 9. The number of aryl methyl sites for hydroxylation is 1. The fourth-order valence-electron chi connectivity index (χ4n) is 3.16. The molecule has 3 aromatic rings. The molecule has 0 radical (unpaired) electrons. The molecule has 1 atom stereocenters. The summed E-state index contributed by atoms with van der Waals surface area (Å²) in [7, 11) is 4.44. The monoisotopic (exact) mass is 478 g/mol. The minimum Gasteiger partial charge on any atom is -0.497 e. The van der Waals surface area contributed by atoms with Crippen LogP contribution in [0.4, 0.5) is 0 Å². The average molecular weight is 479 g/mol. The molecule has 0 fully saturated rings. The second kappa shape index (κ2) is 10.6. The number of methoxy groups -OCH3 is 1. The molecular formula is C21H26N4O7S. The van der Waals surface area contributed by atoms with E-state index >= 15 is 0 Å². The first kappa shape index (κ1) is 24.4. The van der Waals surface area contributed by atoms with Gasteiger partial charge in [-0.2, -0.15) is 0 Å². The van der Waals surface area contributed by atoms with Crippen LogP contribution in [0.5, 0.6) is 11.5 Å². The second-order valence-electron chi connectivity index (χ2n) is 7.12. The minimum absolute atomic E-state index is 0.0365. The number of ether oxygens (including phenoxy) is 3. The largest absolute Gasteiger partial charge is 0.497 e. The number of imidazole rings is 1. The van der Waals surface area contributed by atoms with Gasteiger partial charge in [0.1, 0.15) is 24.2 Å². The van der Waals surface area contributed by atoms with E-state index in [9.17, 15) is 19.5 Å². The number of carbonyl (C=O) groups is 1. The van der Waals surface area contributed by atoms with Gasteiger partial charge in [-0.05, 0) is 31.2 Å². The molecule has 1 N–H and O–H groups in total. The summed E-state index contributed by atoms with van der Waals surface area (Å²) in [6.07, 6.45) is -1.01. The van der Waals surface area contributed by atoms with Crippen LogP contribution in [0.3, 0.4) is 0 Å². The van der Waals surface area contributed by atoms with E-state index in [1.54, 1.807) is 38.3 Å². The van der Waals surface area contributed by atoms with Crippen molar-refractivity contribution >= 4 is 28.9 Å². The van der Waals surface area contributed by atoms with Gasteiger partial charge in [0.2, 0.25) is 0 Å². The molecule has 0 saturated carbocycles. The molecular weight excluding hydrogens is 452 g/mol. The maximum absolute atomic E-state index is 12.9. The molecule has 2 heterocycles. The predicted molar refractivity (Wildman–Crippen MR) is 122 cm³/mol. The van der Waals surface area contributed by atoms with E-state index in [1.165, 1.54) is 23.2 Å². The van der Waals surface area contributed by atoms with E-state index in [2.05, 4.69) is 4.98 Å². The molecule has 3 rings (SSSR count). The number of carbonyl (C=O) groups excluding carboxylic acids is 1. The zero-order chi connectivity index (χ0) is 24.1. The summed E-state index contributed by atoms with van der Waals surface area (Å²) in [5, 5.41) is 10.9. The number of nitrogens with zero attached hydrogens (tertiary/aromatic N) is 4. The molecule has 1 aromatic carbocycles. The Hall–Kier alpha value is -3.25. The first-order valence-corrected chi connectivity index (χ1v) is 11.1. The number of hydrogen-bond donors (Lipinski definition) is 1. The van der Waals surface area contributed by atoms with E-state index in [1.807, 2.05) is 0 Å². The lowest BCUT2D eigenvalue weighted by Gasteiger charge is -2.15. The van der Waals surface area contributed by atoms with Crippen molar-refractivity contribution in [1.29, 1.82) is 0 Å². The Kier molecular flexibility index (Phi) is 7.82. The van der Waals surface area contributed by atoms with Crippen molar-refractivity contribution in [2.75, 3.05) is 26.1 Å². The van der Waals surface area contributed by atoms with E-state index < -0.39 is 23.3 Å². The molecule has 178 valence electrons. The Morgan fingerprint density at radius 2 is 1.82 bits per heavy atom. The van der Waals surface area contributed by atoms with Crippen LogP contribution in [0.2, 0.25) is 0 Å². The lowest BCUT2D eigenvalue weighted by Crippen LogP contribution is -2.38. The van der Waals surface area contributed by atoms with Crippen molar-refractivity contribution in [2.24, 2.45) is 14.1 Å². The van der Waals surface area contributed by atoms with Crippen LogP contribution in [0, 0.1) is 0 Å². The van der Waals surface area contributed by atoms with Crippen LogP contribution in [-0.2, 0) is 30.2 Å². The summed E-state index contributed by atoms with van der Waals surface area (Å²) in [4.78, 5) is 41.4. The fraction of sp³-hybridized carbons (Fsp3) is 0.429. The summed E-state index contributed by atoms with van der Waals surface area (Å²) in [5.41, 5.74) is -0.762. The quantitative estimate of drug-likeness (QED) is 0.328. The summed E-state index contributed by atoms with van der Waals surface area (Å²) >= 11 is 1.06. The Balaban J connectivity index is 1.89. The summed E-state index contributed by atoms with van der Waals surface area (Å²) < 4.78 is 19.4. The third-order valence-electron chi connectivity index (χ3n) is 4.83. The van der Waals surface area contributed by atoms with Gasteiger partial charge in [-0.3, -0.25) is 18.7 Å². The minimum atomic E-state index is -1.01. The van der Waals surface area contributed by atoms with E-state index in [0.717, 1.165) is 16.3 Å². The van der Waals surface area contributed by atoms with Gasteiger partial charge < -0.3 is 23.9 Å². The van der Waals surface area contributed by atoms with Crippen LogP contribution in [-0.4, -0.2) is 61.9 Å². The van der Waals surface area contributed by atoms with E-state index in [-0.39, 0.29) is 36.7 Å². The molecule has 0 saturated heterocycles. The first-order valence-electron chi connectivity index (χ1n) is 10.2. The van der Waals surface area contributed by atoms with Crippen LogP contribution in [0.15, 0.2) is 39.0 Å². The van der Waals surface area contributed by atoms with Crippen LogP contribution < -0.4 is 20.7 Å². The van der Waals surface area contributed by atoms with Gasteiger partial charge in [0, 0.05) is 14.1 Å². The van der Waals surface area contributed by atoms with Crippen molar-refractivity contribution in [3.8, 4) is 11.5 Å². The fourth-order valence-corrected chi connectivity index (χ4v) is 3.96. The van der Waals surface area contributed by atoms with E-state index in [0.29, 0.717) is 16.7 Å². The Morgan fingerprint density at radius 1 is 1.15 bits per heavy atom. The lowest BCUT2D eigenvalue weighted by atomic mass is 10.3. The Bertz CT molecular complexity index is 1250. The molecule has 12 heteroatoms. The second-order valence-corrected chi connectivity index (χ2v) is 8.06. The van der Waals surface area contributed by atoms with Crippen molar-refractivity contribution in [2.45, 2.75) is 24.7 Å². The smallest absolute Gasteiger partial charge is 0.332 e. The SMILES string of the molecule is CCOC(=O)CSc1nc2c(c(=O)n(C)c(=O)n2C)n1CC(O)COc1ccc(OC)cc1.